The molecule has 100 valence electrons. The fraction of sp³-hybridized carbons (Fsp3) is 0.267. The molecule has 0 aliphatic carbocycles. The van der Waals surface area contributed by atoms with Crippen molar-refractivity contribution in [3.8, 4) is 11.3 Å². The third kappa shape index (κ3) is 3.40. The summed E-state index contributed by atoms with van der Waals surface area (Å²) in [6, 6.07) is 9.84. The largest absolute Gasteiger partial charge is 0.369 e. The summed E-state index contributed by atoms with van der Waals surface area (Å²) in [4.78, 5) is 4.55. The molecule has 1 aromatic heterocycles. The van der Waals surface area contributed by atoms with Gasteiger partial charge in [0, 0.05) is 12.1 Å². The summed E-state index contributed by atoms with van der Waals surface area (Å²) < 4.78 is 0. The molecule has 2 nitrogen and oxygen atoms in total. The first-order chi connectivity index (χ1) is 9.11. The quantitative estimate of drug-likeness (QED) is 0.840. The van der Waals surface area contributed by atoms with Gasteiger partial charge in [-0.05, 0) is 25.5 Å². The van der Waals surface area contributed by atoms with Crippen LogP contribution < -0.4 is 5.32 Å². The molecule has 0 radical (unpaired) electrons. The average molecular weight is 295 g/mol. The van der Waals surface area contributed by atoms with Crippen molar-refractivity contribution in [2.24, 2.45) is 0 Å². The normalized spacial score (nSPS) is 10.5. The molecule has 0 aliphatic rings. The van der Waals surface area contributed by atoms with Crippen molar-refractivity contribution in [2.75, 3.05) is 11.9 Å². The molecule has 0 bridgehead atoms. The second-order valence-electron chi connectivity index (χ2n) is 4.45. The SMILES string of the molecule is CCCNc1nc(-c2cccc(C)c2)c(Cl)cc1Cl. The lowest BCUT2D eigenvalue weighted by molar-refractivity contribution is 0.970. The Morgan fingerprint density at radius 3 is 2.63 bits per heavy atom. The predicted octanol–water partition coefficient (Wildman–Crippen LogP) is 5.19. The Balaban J connectivity index is 2.45. The molecule has 0 unspecified atom stereocenters. The van der Waals surface area contributed by atoms with E-state index in [-0.39, 0.29) is 0 Å². The van der Waals surface area contributed by atoms with Crippen LogP contribution in [-0.2, 0) is 0 Å². The molecule has 1 N–H and O–H groups in total. The highest BCUT2D eigenvalue weighted by molar-refractivity contribution is 6.37. The molecule has 0 atom stereocenters. The number of nitrogens with zero attached hydrogens (tertiary/aromatic N) is 1. The molecule has 0 amide bonds. The van der Waals surface area contributed by atoms with E-state index >= 15 is 0 Å². The predicted molar refractivity (Wildman–Crippen MR) is 83.2 cm³/mol. The molecule has 1 aromatic carbocycles. The van der Waals surface area contributed by atoms with Crippen molar-refractivity contribution in [2.45, 2.75) is 20.3 Å². The zero-order valence-corrected chi connectivity index (χ0v) is 12.5. The number of pyridine rings is 1. The van der Waals surface area contributed by atoms with Crippen molar-refractivity contribution in [3.05, 3.63) is 45.9 Å². The molecular formula is C15H16Cl2N2. The minimum absolute atomic E-state index is 0.551. The number of anilines is 1. The van der Waals surface area contributed by atoms with Crippen molar-refractivity contribution < 1.29 is 0 Å². The first-order valence-corrected chi connectivity index (χ1v) is 7.04. The van der Waals surface area contributed by atoms with Crippen LogP contribution in [0.4, 0.5) is 5.82 Å². The van der Waals surface area contributed by atoms with Gasteiger partial charge in [-0.1, -0.05) is 53.9 Å². The van der Waals surface area contributed by atoms with Crippen LogP contribution in [0.2, 0.25) is 10.0 Å². The van der Waals surface area contributed by atoms with E-state index in [9.17, 15) is 0 Å². The minimum atomic E-state index is 0.551. The van der Waals surface area contributed by atoms with E-state index in [1.165, 1.54) is 5.56 Å². The summed E-state index contributed by atoms with van der Waals surface area (Å²) in [6.07, 6.45) is 1.01. The van der Waals surface area contributed by atoms with Gasteiger partial charge in [-0.2, -0.15) is 0 Å². The minimum Gasteiger partial charge on any atom is -0.369 e. The highest BCUT2D eigenvalue weighted by Crippen LogP contribution is 2.32. The molecule has 0 spiro atoms. The van der Waals surface area contributed by atoms with E-state index in [0.717, 1.165) is 24.2 Å². The maximum atomic E-state index is 6.25. The van der Waals surface area contributed by atoms with Crippen molar-refractivity contribution >= 4 is 29.0 Å². The number of aromatic nitrogens is 1. The second kappa shape index (κ2) is 6.27. The maximum Gasteiger partial charge on any atom is 0.145 e. The van der Waals surface area contributed by atoms with Gasteiger partial charge in [0.1, 0.15) is 5.82 Å². The first-order valence-electron chi connectivity index (χ1n) is 6.28. The molecule has 0 saturated heterocycles. The Labute approximate surface area is 123 Å². The Morgan fingerprint density at radius 2 is 1.95 bits per heavy atom. The number of nitrogens with one attached hydrogen (secondary N) is 1. The fourth-order valence-corrected chi connectivity index (χ4v) is 2.36. The highest BCUT2D eigenvalue weighted by Gasteiger charge is 2.11. The number of hydrogen-bond donors (Lipinski definition) is 1. The summed E-state index contributed by atoms with van der Waals surface area (Å²) in [5.41, 5.74) is 2.93. The van der Waals surface area contributed by atoms with Crippen molar-refractivity contribution in [1.82, 2.24) is 4.98 Å². The zero-order chi connectivity index (χ0) is 13.8. The Kier molecular flexibility index (Phi) is 4.67. The molecular weight excluding hydrogens is 279 g/mol. The van der Waals surface area contributed by atoms with E-state index < -0.39 is 0 Å². The molecule has 0 saturated carbocycles. The summed E-state index contributed by atoms with van der Waals surface area (Å²) in [5.74, 6) is 0.685. The van der Waals surface area contributed by atoms with Gasteiger partial charge in [0.05, 0.1) is 15.7 Å². The average Bonchev–Trinajstić information content (AvgIpc) is 2.38. The van der Waals surface area contributed by atoms with Crippen LogP contribution in [0.15, 0.2) is 30.3 Å². The monoisotopic (exact) mass is 294 g/mol. The molecule has 2 aromatic rings. The molecule has 0 aliphatic heterocycles. The van der Waals surface area contributed by atoms with E-state index in [1.807, 2.05) is 25.1 Å². The van der Waals surface area contributed by atoms with Crippen LogP contribution in [0.3, 0.4) is 0 Å². The smallest absolute Gasteiger partial charge is 0.145 e. The van der Waals surface area contributed by atoms with Crippen LogP contribution in [0.25, 0.3) is 11.3 Å². The number of hydrogen-bond acceptors (Lipinski definition) is 2. The molecule has 4 heteroatoms. The Hall–Kier alpha value is -1.25. The topological polar surface area (TPSA) is 24.9 Å². The lowest BCUT2D eigenvalue weighted by atomic mass is 10.1. The van der Waals surface area contributed by atoms with Crippen molar-refractivity contribution in [3.63, 3.8) is 0 Å². The summed E-state index contributed by atoms with van der Waals surface area (Å²) >= 11 is 12.4. The van der Waals surface area contributed by atoms with Crippen LogP contribution in [0.1, 0.15) is 18.9 Å². The van der Waals surface area contributed by atoms with E-state index in [0.29, 0.717) is 15.9 Å². The van der Waals surface area contributed by atoms with Gasteiger partial charge in [-0.3, -0.25) is 0 Å². The van der Waals surface area contributed by atoms with Gasteiger partial charge < -0.3 is 5.32 Å². The van der Waals surface area contributed by atoms with Gasteiger partial charge in [-0.15, -0.1) is 0 Å². The summed E-state index contributed by atoms with van der Waals surface area (Å²) in [7, 11) is 0. The Bertz CT molecular complexity index is 582. The lowest BCUT2D eigenvalue weighted by Gasteiger charge is -2.11. The van der Waals surface area contributed by atoms with E-state index in [2.05, 4.69) is 23.3 Å². The molecule has 1 heterocycles. The highest BCUT2D eigenvalue weighted by atomic mass is 35.5. The van der Waals surface area contributed by atoms with Gasteiger partial charge in [0.15, 0.2) is 0 Å². The van der Waals surface area contributed by atoms with Crippen LogP contribution in [-0.4, -0.2) is 11.5 Å². The lowest BCUT2D eigenvalue weighted by Crippen LogP contribution is -2.03. The number of aryl methyl sites for hydroxylation is 1. The fourth-order valence-electron chi connectivity index (χ4n) is 1.83. The van der Waals surface area contributed by atoms with Crippen LogP contribution in [0, 0.1) is 6.92 Å². The molecule has 0 fully saturated rings. The molecule has 19 heavy (non-hydrogen) atoms. The second-order valence-corrected chi connectivity index (χ2v) is 5.26. The van der Waals surface area contributed by atoms with Crippen LogP contribution >= 0.6 is 23.2 Å². The number of rotatable bonds is 4. The number of benzene rings is 1. The van der Waals surface area contributed by atoms with Crippen molar-refractivity contribution in [1.29, 1.82) is 0 Å². The third-order valence-corrected chi connectivity index (χ3v) is 3.34. The van der Waals surface area contributed by atoms with Gasteiger partial charge >= 0.3 is 0 Å². The van der Waals surface area contributed by atoms with Gasteiger partial charge in [0.25, 0.3) is 0 Å². The first kappa shape index (κ1) is 14.2. The standard InChI is InChI=1S/C15H16Cl2N2/c1-3-7-18-15-13(17)9-12(16)14(19-15)11-6-4-5-10(2)8-11/h4-6,8-9H,3,7H2,1-2H3,(H,18,19). The van der Waals surface area contributed by atoms with E-state index in [4.69, 9.17) is 23.2 Å². The maximum absolute atomic E-state index is 6.25. The van der Waals surface area contributed by atoms with Crippen LogP contribution in [0.5, 0.6) is 0 Å². The van der Waals surface area contributed by atoms with E-state index in [1.54, 1.807) is 6.07 Å². The zero-order valence-electron chi connectivity index (χ0n) is 11.0. The van der Waals surface area contributed by atoms with Gasteiger partial charge in [-0.25, -0.2) is 4.98 Å². The molecule has 2 rings (SSSR count). The van der Waals surface area contributed by atoms with Gasteiger partial charge in [0.2, 0.25) is 0 Å². The Morgan fingerprint density at radius 1 is 1.16 bits per heavy atom. The third-order valence-electron chi connectivity index (χ3n) is 2.76. The summed E-state index contributed by atoms with van der Waals surface area (Å²) in [6.45, 7) is 4.98. The number of halogens is 2. The summed E-state index contributed by atoms with van der Waals surface area (Å²) in [5, 5.41) is 4.33.